The van der Waals surface area contributed by atoms with E-state index in [2.05, 4.69) is 71.4 Å². The van der Waals surface area contributed by atoms with Crippen LogP contribution in [0.15, 0.2) is 53.0 Å². The summed E-state index contributed by atoms with van der Waals surface area (Å²) < 4.78 is 41.6. The van der Waals surface area contributed by atoms with Gasteiger partial charge in [-0.2, -0.15) is 13.2 Å². The predicted molar refractivity (Wildman–Crippen MR) is 122 cm³/mol. The van der Waals surface area contributed by atoms with Crippen molar-refractivity contribution in [2.45, 2.75) is 58.8 Å². The quantitative estimate of drug-likeness (QED) is 0.395. The lowest BCUT2D eigenvalue weighted by Crippen LogP contribution is -2.35. The van der Waals surface area contributed by atoms with Crippen LogP contribution in [-0.2, 0) is 11.7 Å². The van der Waals surface area contributed by atoms with Crippen LogP contribution in [0.3, 0.4) is 0 Å². The molecule has 0 aliphatic carbocycles. The number of rotatable bonds is 6. The number of tetrazole rings is 1. The molecule has 1 aromatic heterocycles. The molecule has 0 aliphatic heterocycles. The number of anilines is 1. The SMILES string of the molecule is CC(C)(C)CC(C)(C)n1nnnc1[C@H](Nc1ccc(C(F)(F)F)cc1)c1ccc(Br)cc1. The molecule has 172 valence electrons. The maximum absolute atomic E-state index is 13.0. The van der Waals surface area contributed by atoms with Gasteiger partial charge in [0.05, 0.1) is 11.1 Å². The van der Waals surface area contributed by atoms with Gasteiger partial charge in [-0.15, -0.1) is 5.10 Å². The highest BCUT2D eigenvalue weighted by Crippen LogP contribution is 2.36. The molecule has 1 atom stereocenters. The van der Waals surface area contributed by atoms with Crippen molar-refractivity contribution in [3.8, 4) is 0 Å². The van der Waals surface area contributed by atoms with Gasteiger partial charge in [-0.1, -0.05) is 48.8 Å². The fraction of sp³-hybridized carbons (Fsp3) is 0.435. The van der Waals surface area contributed by atoms with Gasteiger partial charge in [0, 0.05) is 10.2 Å². The zero-order valence-electron chi connectivity index (χ0n) is 18.7. The van der Waals surface area contributed by atoms with Crippen molar-refractivity contribution in [3.05, 3.63) is 70.0 Å². The highest BCUT2D eigenvalue weighted by Gasteiger charge is 2.34. The molecule has 1 heterocycles. The van der Waals surface area contributed by atoms with E-state index in [0.717, 1.165) is 28.6 Å². The Morgan fingerprint density at radius 2 is 1.53 bits per heavy atom. The van der Waals surface area contributed by atoms with Crippen molar-refractivity contribution in [2.75, 3.05) is 5.32 Å². The third-order valence-electron chi connectivity index (χ3n) is 5.01. The monoisotopic (exact) mass is 509 g/mol. The summed E-state index contributed by atoms with van der Waals surface area (Å²) in [5.74, 6) is 0.585. The minimum Gasteiger partial charge on any atom is -0.371 e. The van der Waals surface area contributed by atoms with Crippen LogP contribution in [-0.4, -0.2) is 20.2 Å². The highest BCUT2D eigenvalue weighted by atomic mass is 79.9. The molecule has 0 aliphatic rings. The van der Waals surface area contributed by atoms with Gasteiger partial charge in [-0.25, -0.2) is 4.68 Å². The number of hydrogen-bond acceptors (Lipinski definition) is 4. The first-order valence-electron chi connectivity index (χ1n) is 10.2. The van der Waals surface area contributed by atoms with E-state index >= 15 is 0 Å². The average Bonchev–Trinajstić information content (AvgIpc) is 3.15. The molecule has 0 radical (unpaired) electrons. The second kappa shape index (κ2) is 8.84. The highest BCUT2D eigenvalue weighted by molar-refractivity contribution is 9.10. The summed E-state index contributed by atoms with van der Waals surface area (Å²) in [4.78, 5) is 0. The molecule has 0 amide bonds. The largest absolute Gasteiger partial charge is 0.416 e. The van der Waals surface area contributed by atoms with Crippen LogP contribution in [0, 0.1) is 5.41 Å². The minimum atomic E-state index is -4.38. The van der Waals surface area contributed by atoms with Crippen molar-refractivity contribution in [2.24, 2.45) is 5.41 Å². The van der Waals surface area contributed by atoms with Crippen LogP contribution in [0.4, 0.5) is 18.9 Å². The third kappa shape index (κ3) is 5.88. The van der Waals surface area contributed by atoms with Crippen LogP contribution in [0.1, 0.15) is 64.0 Å². The number of alkyl halides is 3. The first-order chi connectivity index (χ1) is 14.8. The van der Waals surface area contributed by atoms with Gasteiger partial charge in [0.1, 0.15) is 6.04 Å². The van der Waals surface area contributed by atoms with Crippen molar-refractivity contribution < 1.29 is 13.2 Å². The Morgan fingerprint density at radius 1 is 0.938 bits per heavy atom. The molecule has 0 fully saturated rings. The Morgan fingerprint density at radius 3 is 2.06 bits per heavy atom. The van der Waals surface area contributed by atoms with Crippen molar-refractivity contribution in [1.29, 1.82) is 0 Å². The maximum atomic E-state index is 13.0. The zero-order chi connectivity index (χ0) is 23.7. The first-order valence-corrected chi connectivity index (χ1v) is 11.0. The van der Waals surface area contributed by atoms with E-state index in [1.165, 1.54) is 12.1 Å². The molecule has 9 heteroatoms. The molecular weight excluding hydrogens is 483 g/mol. The first kappa shape index (κ1) is 24.2. The normalized spacial score (nSPS) is 13.8. The van der Waals surface area contributed by atoms with Gasteiger partial charge in [0.25, 0.3) is 0 Å². The summed E-state index contributed by atoms with van der Waals surface area (Å²) in [5, 5.41) is 15.9. The molecular formula is C23H27BrF3N5. The van der Waals surface area contributed by atoms with Crippen molar-refractivity contribution >= 4 is 21.6 Å². The average molecular weight is 510 g/mol. The van der Waals surface area contributed by atoms with E-state index in [1.54, 1.807) is 0 Å². The Balaban J connectivity index is 2.02. The number of halogens is 4. The van der Waals surface area contributed by atoms with Crippen LogP contribution >= 0.6 is 15.9 Å². The molecule has 5 nitrogen and oxygen atoms in total. The lowest BCUT2D eigenvalue weighted by molar-refractivity contribution is -0.137. The van der Waals surface area contributed by atoms with Gasteiger partial charge in [-0.05, 0) is 78.1 Å². The smallest absolute Gasteiger partial charge is 0.371 e. The summed E-state index contributed by atoms with van der Waals surface area (Å²) in [6, 6.07) is 12.2. The van der Waals surface area contributed by atoms with E-state index in [4.69, 9.17) is 0 Å². The molecule has 3 aromatic rings. The fourth-order valence-corrected chi connectivity index (χ4v) is 4.32. The number of benzene rings is 2. The van der Waals surface area contributed by atoms with E-state index in [1.807, 2.05) is 28.9 Å². The Kier molecular flexibility index (Phi) is 6.70. The van der Waals surface area contributed by atoms with Gasteiger partial charge >= 0.3 is 6.18 Å². The van der Waals surface area contributed by atoms with E-state index in [9.17, 15) is 13.2 Å². The van der Waals surface area contributed by atoms with E-state index in [0.29, 0.717) is 11.5 Å². The molecule has 0 unspecified atom stereocenters. The van der Waals surface area contributed by atoms with Crippen molar-refractivity contribution in [1.82, 2.24) is 20.2 Å². The van der Waals surface area contributed by atoms with Gasteiger partial charge in [-0.3, -0.25) is 0 Å². The van der Waals surface area contributed by atoms with Crippen LogP contribution in [0.2, 0.25) is 0 Å². The molecule has 0 spiro atoms. The number of nitrogens with one attached hydrogen (secondary N) is 1. The summed E-state index contributed by atoms with van der Waals surface area (Å²) in [7, 11) is 0. The number of hydrogen-bond donors (Lipinski definition) is 1. The summed E-state index contributed by atoms with van der Waals surface area (Å²) in [5.41, 5.74) is 0.386. The maximum Gasteiger partial charge on any atom is 0.416 e. The number of nitrogens with zero attached hydrogens (tertiary/aromatic N) is 4. The summed E-state index contributed by atoms with van der Waals surface area (Å²) in [6.07, 6.45) is -3.56. The fourth-order valence-electron chi connectivity index (χ4n) is 4.05. The zero-order valence-corrected chi connectivity index (χ0v) is 20.3. The lowest BCUT2D eigenvalue weighted by atomic mass is 9.81. The Hall–Kier alpha value is -2.42. The number of aromatic nitrogens is 4. The topological polar surface area (TPSA) is 55.6 Å². The van der Waals surface area contributed by atoms with E-state index < -0.39 is 17.8 Å². The van der Waals surface area contributed by atoms with Crippen LogP contribution < -0.4 is 5.32 Å². The Labute approximate surface area is 194 Å². The molecule has 32 heavy (non-hydrogen) atoms. The van der Waals surface area contributed by atoms with Gasteiger partial charge in [0.2, 0.25) is 0 Å². The molecule has 0 bridgehead atoms. The second-order valence-corrected chi connectivity index (χ2v) is 10.6. The molecule has 3 rings (SSSR count). The lowest BCUT2D eigenvalue weighted by Gasteiger charge is -2.34. The van der Waals surface area contributed by atoms with Gasteiger partial charge < -0.3 is 5.32 Å². The molecule has 2 aromatic carbocycles. The standard InChI is InChI=1S/C23H27BrF3N5/c1-21(2,3)14-22(4,5)32-20(29-30-31-32)19(15-6-10-17(24)11-7-15)28-18-12-8-16(9-13-18)23(25,26)27/h6-13,19,28H,14H2,1-5H3/t19-/m1/s1. The van der Waals surface area contributed by atoms with Crippen LogP contribution in [0.25, 0.3) is 0 Å². The predicted octanol–water partition coefficient (Wildman–Crippen LogP) is 6.83. The van der Waals surface area contributed by atoms with Crippen LogP contribution in [0.5, 0.6) is 0 Å². The van der Waals surface area contributed by atoms with Gasteiger partial charge in [0.15, 0.2) is 5.82 Å². The summed E-state index contributed by atoms with van der Waals surface area (Å²) >= 11 is 3.44. The van der Waals surface area contributed by atoms with Crippen molar-refractivity contribution in [3.63, 3.8) is 0 Å². The Bertz CT molecular complexity index is 1040. The second-order valence-electron chi connectivity index (χ2n) is 9.70. The molecule has 0 saturated heterocycles. The summed E-state index contributed by atoms with van der Waals surface area (Å²) in [6.45, 7) is 10.6. The molecule has 0 saturated carbocycles. The minimum absolute atomic E-state index is 0.0423. The third-order valence-corrected chi connectivity index (χ3v) is 5.54. The molecule has 1 N–H and O–H groups in total. The van der Waals surface area contributed by atoms with E-state index in [-0.39, 0.29) is 11.0 Å².